The molecule has 212 valence electrons. The fraction of sp³-hybridized carbons (Fsp3) is 0.414. The van der Waals surface area contributed by atoms with Crippen LogP contribution in [0.5, 0.6) is 17.4 Å². The van der Waals surface area contributed by atoms with Crippen molar-refractivity contribution in [2.75, 3.05) is 40.4 Å². The van der Waals surface area contributed by atoms with Crippen molar-refractivity contribution < 1.29 is 28.2 Å². The van der Waals surface area contributed by atoms with Crippen LogP contribution in [0.3, 0.4) is 0 Å². The lowest BCUT2D eigenvalue weighted by atomic mass is 10.1. The topological polar surface area (TPSA) is 97.1 Å². The van der Waals surface area contributed by atoms with Gasteiger partial charge in [-0.3, -0.25) is 19.1 Å². The van der Waals surface area contributed by atoms with Crippen LogP contribution in [-0.4, -0.2) is 70.8 Å². The molecule has 3 aromatic rings. The summed E-state index contributed by atoms with van der Waals surface area (Å²) >= 11 is 0. The number of methoxy groups -OCH3 is 2. The second kappa shape index (κ2) is 11.6. The zero-order chi connectivity index (χ0) is 28.4. The van der Waals surface area contributed by atoms with E-state index in [0.717, 1.165) is 25.3 Å². The first-order chi connectivity index (χ1) is 19.3. The molecule has 1 aromatic heterocycles. The lowest BCUT2D eigenvalue weighted by molar-refractivity contribution is 0.0620. The highest BCUT2D eigenvalue weighted by Gasteiger charge is 2.32. The molecule has 0 atom stereocenters. The van der Waals surface area contributed by atoms with E-state index in [1.807, 2.05) is 4.90 Å². The molecule has 5 rings (SSSR count). The number of hydrogen-bond acceptors (Lipinski definition) is 7. The summed E-state index contributed by atoms with van der Waals surface area (Å²) < 4.78 is 40.1. The molecular weight excluding hydrogens is 522 g/mol. The number of aromatic nitrogens is 2. The summed E-state index contributed by atoms with van der Waals surface area (Å²) in [6.07, 6.45) is 3.45. The van der Waals surface area contributed by atoms with Crippen molar-refractivity contribution in [1.82, 2.24) is 19.4 Å². The molecule has 0 bridgehead atoms. The Balaban J connectivity index is 1.44. The van der Waals surface area contributed by atoms with Crippen molar-refractivity contribution in [2.24, 2.45) is 5.92 Å². The second-order valence-corrected chi connectivity index (χ2v) is 10.1. The number of aryl methyl sites for hydroxylation is 1. The normalized spacial score (nSPS) is 15.8. The number of halogens is 2. The molecule has 0 unspecified atom stereocenters. The molecule has 1 amide bonds. The molecule has 2 aromatic carbocycles. The first-order valence-corrected chi connectivity index (χ1v) is 13.3. The Hall–Kier alpha value is -3.99. The van der Waals surface area contributed by atoms with Gasteiger partial charge in [0.2, 0.25) is 5.88 Å². The Morgan fingerprint density at radius 3 is 2.30 bits per heavy atom. The van der Waals surface area contributed by atoms with Gasteiger partial charge in [0.05, 0.1) is 14.2 Å². The number of piperazine rings is 1. The Bertz CT molecular complexity index is 1440. The van der Waals surface area contributed by atoms with Gasteiger partial charge in [-0.15, -0.1) is 0 Å². The maximum atomic E-state index is 14.1. The van der Waals surface area contributed by atoms with Gasteiger partial charge in [-0.2, -0.15) is 4.98 Å². The predicted molar refractivity (Wildman–Crippen MR) is 143 cm³/mol. The third-order valence-electron chi connectivity index (χ3n) is 7.53. The van der Waals surface area contributed by atoms with Gasteiger partial charge in [0, 0.05) is 44.7 Å². The number of carbonyl (C=O) groups excluding carboxylic acids is 1. The Labute approximate surface area is 230 Å². The molecule has 2 heterocycles. The number of nitrogens with zero attached hydrogens (tertiary/aromatic N) is 4. The van der Waals surface area contributed by atoms with Gasteiger partial charge >= 0.3 is 0 Å². The molecule has 1 saturated heterocycles. The highest BCUT2D eigenvalue weighted by Crippen LogP contribution is 2.36. The largest absolute Gasteiger partial charge is 0.494 e. The first kappa shape index (κ1) is 27.6. The molecule has 1 aliphatic heterocycles. The minimum absolute atomic E-state index is 0.189. The molecule has 1 N–H and O–H groups in total. The molecule has 0 radical (unpaired) electrons. The lowest BCUT2D eigenvalue weighted by Crippen LogP contribution is -2.49. The third kappa shape index (κ3) is 5.51. The Morgan fingerprint density at radius 2 is 1.68 bits per heavy atom. The lowest BCUT2D eigenvalue weighted by Gasteiger charge is -2.34. The number of ether oxygens (including phenoxy) is 2. The minimum atomic E-state index is -0.905. The SMILES string of the molecule is COc1cccc(OC)c1-n1c(CCC2CC2)nc(O)c(C(=O)N2CCN(Cc3cccc(F)c3F)CC2)c1=O. The zero-order valence-electron chi connectivity index (χ0n) is 22.5. The van der Waals surface area contributed by atoms with Gasteiger partial charge in [0.1, 0.15) is 23.0 Å². The van der Waals surface area contributed by atoms with Crippen LogP contribution in [0.1, 0.15) is 41.0 Å². The van der Waals surface area contributed by atoms with E-state index in [2.05, 4.69) is 4.98 Å². The highest BCUT2D eigenvalue weighted by atomic mass is 19.2. The van der Waals surface area contributed by atoms with Crippen LogP contribution in [0.15, 0.2) is 41.2 Å². The fourth-order valence-electron chi connectivity index (χ4n) is 5.11. The van der Waals surface area contributed by atoms with Crippen molar-refractivity contribution in [2.45, 2.75) is 32.2 Å². The molecular formula is C29H32F2N4O5. The quantitative estimate of drug-likeness (QED) is 0.432. The van der Waals surface area contributed by atoms with E-state index in [1.54, 1.807) is 18.2 Å². The number of carbonyl (C=O) groups is 1. The van der Waals surface area contributed by atoms with Crippen molar-refractivity contribution in [1.29, 1.82) is 0 Å². The standard InChI is InChI=1S/C29H32F2N4O5/c1-39-21-7-4-8-22(40-2)26(21)35-23(12-11-18-9-10-18)32-27(36)24(29(35)38)28(37)34-15-13-33(14-16-34)17-19-5-3-6-20(30)25(19)31/h3-8,18,36H,9-17H2,1-2H3. The highest BCUT2D eigenvalue weighted by molar-refractivity contribution is 5.96. The van der Waals surface area contributed by atoms with Crippen molar-refractivity contribution >= 4 is 5.91 Å². The van der Waals surface area contributed by atoms with Crippen LogP contribution in [-0.2, 0) is 13.0 Å². The van der Waals surface area contributed by atoms with Crippen molar-refractivity contribution in [3.63, 3.8) is 0 Å². The Kier molecular flexibility index (Phi) is 8.02. The van der Waals surface area contributed by atoms with Crippen LogP contribution < -0.4 is 15.0 Å². The van der Waals surface area contributed by atoms with E-state index in [0.29, 0.717) is 48.4 Å². The van der Waals surface area contributed by atoms with Gasteiger partial charge in [-0.1, -0.05) is 31.0 Å². The van der Waals surface area contributed by atoms with Gasteiger partial charge < -0.3 is 19.5 Å². The van der Waals surface area contributed by atoms with Crippen LogP contribution >= 0.6 is 0 Å². The summed E-state index contributed by atoms with van der Waals surface area (Å²) in [6, 6.07) is 9.15. The van der Waals surface area contributed by atoms with Gasteiger partial charge in [0.25, 0.3) is 11.5 Å². The van der Waals surface area contributed by atoms with Gasteiger partial charge in [-0.05, 0) is 30.5 Å². The predicted octanol–water partition coefficient (Wildman–Crippen LogP) is 3.53. The molecule has 2 aliphatic rings. The third-order valence-corrected chi connectivity index (χ3v) is 7.53. The number of benzene rings is 2. The number of amides is 1. The molecule has 1 saturated carbocycles. The average Bonchev–Trinajstić information content (AvgIpc) is 3.79. The summed E-state index contributed by atoms with van der Waals surface area (Å²) in [5.41, 5.74) is -0.605. The minimum Gasteiger partial charge on any atom is -0.494 e. The smallest absolute Gasteiger partial charge is 0.275 e. The molecule has 0 spiro atoms. The van der Waals surface area contributed by atoms with E-state index < -0.39 is 34.5 Å². The number of hydrogen-bond donors (Lipinski definition) is 1. The van der Waals surface area contributed by atoms with E-state index >= 15 is 0 Å². The van der Waals surface area contributed by atoms with Gasteiger partial charge in [-0.25, -0.2) is 8.78 Å². The summed E-state index contributed by atoms with van der Waals surface area (Å²) in [4.78, 5) is 35.3. The molecule has 11 heteroatoms. The average molecular weight is 555 g/mol. The second-order valence-electron chi connectivity index (χ2n) is 10.1. The summed E-state index contributed by atoms with van der Waals surface area (Å²) in [5, 5.41) is 10.9. The van der Waals surface area contributed by atoms with E-state index in [4.69, 9.17) is 9.47 Å². The number of rotatable bonds is 9. The zero-order valence-corrected chi connectivity index (χ0v) is 22.5. The summed E-state index contributed by atoms with van der Waals surface area (Å²) in [5.74, 6) is -1.47. The molecule has 9 nitrogen and oxygen atoms in total. The molecule has 40 heavy (non-hydrogen) atoms. The van der Waals surface area contributed by atoms with E-state index in [-0.39, 0.29) is 25.2 Å². The first-order valence-electron chi connectivity index (χ1n) is 13.3. The number of aromatic hydroxyl groups is 1. The maximum Gasteiger partial charge on any atom is 0.275 e. The van der Waals surface area contributed by atoms with Crippen LogP contribution in [0.2, 0.25) is 0 Å². The summed E-state index contributed by atoms with van der Waals surface area (Å²) in [6.45, 7) is 1.41. The molecule has 1 aliphatic carbocycles. The fourth-order valence-corrected chi connectivity index (χ4v) is 5.11. The van der Waals surface area contributed by atoms with E-state index in [9.17, 15) is 23.5 Å². The molecule has 2 fully saturated rings. The van der Waals surface area contributed by atoms with E-state index in [1.165, 1.54) is 35.8 Å². The van der Waals surface area contributed by atoms with Crippen LogP contribution in [0, 0.1) is 17.6 Å². The Morgan fingerprint density at radius 1 is 1.02 bits per heavy atom. The summed E-state index contributed by atoms with van der Waals surface area (Å²) in [7, 11) is 2.95. The van der Waals surface area contributed by atoms with Crippen LogP contribution in [0.25, 0.3) is 5.69 Å². The van der Waals surface area contributed by atoms with Crippen molar-refractivity contribution in [3.05, 3.63) is 75.3 Å². The number of para-hydroxylation sites is 1. The van der Waals surface area contributed by atoms with Crippen molar-refractivity contribution in [3.8, 4) is 23.1 Å². The maximum absolute atomic E-state index is 14.1. The monoisotopic (exact) mass is 554 g/mol. The van der Waals surface area contributed by atoms with Crippen LogP contribution in [0.4, 0.5) is 8.78 Å². The van der Waals surface area contributed by atoms with Gasteiger partial charge in [0.15, 0.2) is 17.2 Å².